The topological polar surface area (TPSA) is 35.5 Å². The van der Waals surface area contributed by atoms with Gasteiger partial charge in [0, 0.05) is 12.0 Å². The van der Waals surface area contributed by atoms with E-state index < -0.39 is 0 Å². The van der Waals surface area contributed by atoms with Crippen molar-refractivity contribution in [1.82, 2.24) is 0 Å². The molecule has 3 unspecified atom stereocenters. The molecule has 4 atom stereocenters. The number of allylic oxidation sites excluding steroid dienone is 3. The molecule has 3 heteroatoms. The van der Waals surface area contributed by atoms with Crippen LogP contribution in [0.15, 0.2) is 36.4 Å². The minimum atomic E-state index is 0.0646. The monoisotopic (exact) mass is 394 g/mol. The summed E-state index contributed by atoms with van der Waals surface area (Å²) in [6.07, 6.45) is 14.5. The molecule has 3 nitrogen and oxygen atoms in total. The van der Waals surface area contributed by atoms with E-state index in [1.165, 1.54) is 17.5 Å². The van der Waals surface area contributed by atoms with Gasteiger partial charge in [-0.1, -0.05) is 31.2 Å². The summed E-state index contributed by atoms with van der Waals surface area (Å²) in [5.74, 6) is 2.86. The molecule has 29 heavy (non-hydrogen) atoms. The summed E-state index contributed by atoms with van der Waals surface area (Å²) >= 11 is 0. The predicted molar refractivity (Wildman–Crippen MR) is 116 cm³/mol. The van der Waals surface area contributed by atoms with Gasteiger partial charge in [-0.2, -0.15) is 0 Å². The molecule has 1 spiro atoms. The lowest BCUT2D eigenvalue weighted by molar-refractivity contribution is -0.118. The molecule has 0 aromatic heterocycles. The maximum Gasteiger partial charge on any atom is 0.180 e. The lowest BCUT2D eigenvalue weighted by atomic mass is 9.65. The van der Waals surface area contributed by atoms with Crippen LogP contribution in [-0.4, -0.2) is 25.6 Å². The zero-order valence-electron chi connectivity index (χ0n) is 18.1. The van der Waals surface area contributed by atoms with E-state index in [1.807, 2.05) is 6.92 Å². The number of rotatable bonds is 7. The zero-order valence-corrected chi connectivity index (χ0v) is 18.1. The van der Waals surface area contributed by atoms with Crippen LogP contribution in [0, 0.1) is 17.8 Å². The van der Waals surface area contributed by atoms with E-state index in [0.29, 0.717) is 31.0 Å². The Hall–Kier alpha value is -1.87. The summed E-state index contributed by atoms with van der Waals surface area (Å²) in [6.45, 7) is 7.80. The molecule has 156 valence electrons. The fraction of sp³-hybridized carbons (Fsp3) is 0.577. The summed E-state index contributed by atoms with van der Waals surface area (Å²) in [4.78, 5) is 12.0. The fourth-order valence-corrected chi connectivity index (χ4v) is 5.81. The second-order valence-electron chi connectivity index (χ2n) is 8.99. The molecule has 0 bridgehead atoms. The van der Waals surface area contributed by atoms with Gasteiger partial charge in [-0.25, -0.2) is 0 Å². The number of benzene rings is 1. The van der Waals surface area contributed by atoms with Gasteiger partial charge in [0.05, 0.1) is 6.61 Å². The third kappa shape index (κ3) is 3.82. The van der Waals surface area contributed by atoms with Crippen molar-refractivity contribution >= 4 is 5.78 Å². The van der Waals surface area contributed by atoms with Crippen molar-refractivity contribution in [3.05, 3.63) is 53.1 Å². The van der Waals surface area contributed by atoms with Crippen LogP contribution in [0.5, 0.6) is 5.75 Å². The number of carbonyl (C=O) groups excluding carboxylic acids is 1. The van der Waals surface area contributed by atoms with E-state index >= 15 is 0 Å². The number of hydrogen-bond acceptors (Lipinski definition) is 3. The van der Waals surface area contributed by atoms with Crippen LogP contribution < -0.4 is 4.74 Å². The van der Waals surface area contributed by atoms with Crippen molar-refractivity contribution in [3.63, 3.8) is 0 Å². The molecule has 0 heterocycles. The van der Waals surface area contributed by atoms with Crippen molar-refractivity contribution in [2.45, 2.75) is 58.3 Å². The maximum atomic E-state index is 12.0. The molecular formula is C26H34O3. The molecule has 3 aliphatic rings. The molecule has 1 aromatic carbocycles. The van der Waals surface area contributed by atoms with E-state index in [2.05, 4.69) is 44.2 Å². The lowest BCUT2D eigenvalue weighted by Gasteiger charge is -2.38. The second kappa shape index (κ2) is 8.47. The van der Waals surface area contributed by atoms with Crippen molar-refractivity contribution in [2.75, 3.05) is 19.8 Å². The lowest BCUT2D eigenvalue weighted by Crippen LogP contribution is -2.33. The van der Waals surface area contributed by atoms with Crippen molar-refractivity contribution in [1.29, 1.82) is 0 Å². The van der Waals surface area contributed by atoms with Crippen molar-refractivity contribution < 1.29 is 14.3 Å². The van der Waals surface area contributed by atoms with Crippen LogP contribution in [0.3, 0.4) is 0 Å². The first-order valence-corrected chi connectivity index (χ1v) is 11.3. The van der Waals surface area contributed by atoms with Crippen LogP contribution >= 0.6 is 0 Å². The Balaban J connectivity index is 1.67. The first-order chi connectivity index (χ1) is 14.1. The summed E-state index contributed by atoms with van der Waals surface area (Å²) < 4.78 is 11.3. The van der Waals surface area contributed by atoms with Crippen LogP contribution in [0.2, 0.25) is 0 Å². The average Bonchev–Trinajstić information content (AvgIpc) is 2.95. The average molecular weight is 395 g/mol. The van der Waals surface area contributed by atoms with Crippen LogP contribution in [-0.2, 0) is 27.8 Å². The smallest absolute Gasteiger partial charge is 0.180 e. The van der Waals surface area contributed by atoms with E-state index in [0.717, 1.165) is 31.4 Å². The molecule has 0 aliphatic heterocycles. The van der Waals surface area contributed by atoms with Crippen LogP contribution in [0.25, 0.3) is 0 Å². The Morgan fingerprint density at radius 3 is 2.90 bits per heavy atom. The number of ether oxygens (including phenoxy) is 2. The van der Waals surface area contributed by atoms with Gasteiger partial charge < -0.3 is 9.47 Å². The second-order valence-corrected chi connectivity index (χ2v) is 8.99. The number of hydrogen-bond donors (Lipinski definition) is 0. The van der Waals surface area contributed by atoms with E-state index in [1.54, 1.807) is 11.6 Å². The van der Waals surface area contributed by atoms with Crippen LogP contribution in [0.1, 0.15) is 56.7 Å². The van der Waals surface area contributed by atoms with E-state index in [-0.39, 0.29) is 17.8 Å². The molecule has 0 radical (unpaired) electrons. The Morgan fingerprint density at radius 1 is 1.24 bits per heavy atom. The van der Waals surface area contributed by atoms with Gasteiger partial charge in [-0.05, 0) is 92.5 Å². The Bertz CT molecular complexity index is 821. The molecule has 0 fully saturated rings. The normalized spacial score (nSPS) is 30.1. The fourth-order valence-electron chi connectivity index (χ4n) is 5.81. The van der Waals surface area contributed by atoms with E-state index in [4.69, 9.17) is 9.47 Å². The third-order valence-corrected chi connectivity index (χ3v) is 7.09. The summed E-state index contributed by atoms with van der Waals surface area (Å²) in [5, 5.41) is 0. The van der Waals surface area contributed by atoms with Gasteiger partial charge in [-0.15, -0.1) is 0 Å². The van der Waals surface area contributed by atoms with E-state index in [9.17, 15) is 4.79 Å². The highest BCUT2D eigenvalue weighted by atomic mass is 16.5. The predicted octanol–water partition coefficient (Wildman–Crippen LogP) is 5.21. The third-order valence-electron chi connectivity index (χ3n) is 7.09. The molecule has 1 aromatic rings. The molecule has 0 amide bonds. The molecule has 4 rings (SSSR count). The summed E-state index contributed by atoms with van der Waals surface area (Å²) in [6, 6.07) is 4.47. The maximum absolute atomic E-state index is 12.0. The summed E-state index contributed by atoms with van der Waals surface area (Å²) in [7, 11) is 0. The molecule has 0 N–H and O–H groups in total. The highest BCUT2D eigenvalue weighted by Gasteiger charge is 2.50. The van der Waals surface area contributed by atoms with Gasteiger partial charge >= 0.3 is 0 Å². The highest BCUT2D eigenvalue weighted by molar-refractivity contribution is 5.90. The highest BCUT2D eigenvalue weighted by Crippen LogP contribution is 2.57. The Kier molecular flexibility index (Phi) is 5.96. The van der Waals surface area contributed by atoms with Gasteiger partial charge in [-0.3, -0.25) is 4.79 Å². The van der Waals surface area contributed by atoms with Crippen molar-refractivity contribution in [3.8, 4) is 5.75 Å². The SMILES string of the molecule is CCOCC(=O)/C=C/C1CCC23C=C[C@H](C)CC2Cc2c(OCC)ccc(c23)C1. The first kappa shape index (κ1) is 20.4. The molecular weight excluding hydrogens is 360 g/mol. The van der Waals surface area contributed by atoms with Crippen molar-refractivity contribution in [2.24, 2.45) is 17.8 Å². The van der Waals surface area contributed by atoms with Gasteiger partial charge in [0.25, 0.3) is 0 Å². The Labute approximate surface area is 175 Å². The molecule has 0 saturated heterocycles. The number of ketones is 1. The van der Waals surface area contributed by atoms with Gasteiger partial charge in [0.15, 0.2) is 5.78 Å². The summed E-state index contributed by atoms with van der Waals surface area (Å²) in [5.41, 5.74) is 4.61. The Morgan fingerprint density at radius 2 is 2.10 bits per heavy atom. The standard InChI is InChI=1S/C26H34O3/c1-4-28-17-22(27)8-6-19-11-13-26-12-10-18(3)14-21(26)16-23-24(29-5-2)9-7-20(15-19)25(23)26/h6-10,12,18-19,21H,4-5,11,13-17H2,1-3H3/b8-6+/t18-,19?,21?,26?/m0/s1. The first-order valence-electron chi connectivity index (χ1n) is 11.3. The van der Waals surface area contributed by atoms with Gasteiger partial charge in [0.2, 0.25) is 0 Å². The van der Waals surface area contributed by atoms with Gasteiger partial charge in [0.1, 0.15) is 12.4 Å². The minimum absolute atomic E-state index is 0.0646. The number of carbonyl (C=O) groups is 1. The largest absolute Gasteiger partial charge is 0.494 e. The minimum Gasteiger partial charge on any atom is -0.494 e. The van der Waals surface area contributed by atoms with Crippen LogP contribution in [0.4, 0.5) is 0 Å². The molecule has 3 aliphatic carbocycles. The quantitative estimate of drug-likeness (QED) is 0.471. The molecule has 0 saturated carbocycles. The zero-order chi connectivity index (χ0) is 20.4.